The maximum atomic E-state index is 6.06. The predicted octanol–water partition coefficient (Wildman–Crippen LogP) is 3.12. The Morgan fingerprint density at radius 1 is 1.14 bits per heavy atom. The third kappa shape index (κ3) is 4.40. The number of nitrogens with one attached hydrogen (secondary N) is 1. The Balaban J connectivity index is 1.54. The average molecular weight is 375 g/mol. The lowest BCUT2D eigenvalue weighted by Gasteiger charge is -2.11. The van der Waals surface area contributed by atoms with Crippen molar-refractivity contribution in [3.05, 3.63) is 72.4 Å². The second-order valence-corrected chi connectivity index (χ2v) is 6.87. The van der Waals surface area contributed by atoms with E-state index in [2.05, 4.69) is 22.4 Å². The molecule has 1 fully saturated rings. The Labute approximate surface area is 165 Å². The van der Waals surface area contributed by atoms with Gasteiger partial charge in [-0.15, -0.1) is 0 Å². The molecule has 4 rings (SSSR count). The van der Waals surface area contributed by atoms with Crippen LogP contribution in [0, 0.1) is 0 Å². The van der Waals surface area contributed by atoms with E-state index in [1.165, 1.54) is 0 Å². The fourth-order valence-electron chi connectivity index (χ4n) is 3.33. The van der Waals surface area contributed by atoms with Gasteiger partial charge < -0.3 is 15.8 Å². The van der Waals surface area contributed by atoms with Crippen molar-refractivity contribution in [1.29, 1.82) is 0 Å². The number of para-hydroxylation sites is 1. The normalized spacial score (nSPS) is 17.0. The van der Waals surface area contributed by atoms with Crippen molar-refractivity contribution < 1.29 is 4.74 Å². The summed E-state index contributed by atoms with van der Waals surface area (Å²) < 4.78 is 7.50. The summed E-state index contributed by atoms with van der Waals surface area (Å²) in [6, 6.07) is 20.2. The first-order valence-corrected chi connectivity index (χ1v) is 9.64. The van der Waals surface area contributed by atoms with E-state index >= 15 is 0 Å². The van der Waals surface area contributed by atoms with Crippen LogP contribution < -0.4 is 11.1 Å². The van der Waals surface area contributed by atoms with Gasteiger partial charge in [0.1, 0.15) is 0 Å². The highest BCUT2D eigenvalue weighted by atomic mass is 16.5. The Morgan fingerprint density at radius 2 is 1.89 bits per heavy atom. The summed E-state index contributed by atoms with van der Waals surface area (Å²) in [7, 11) is 0. The van der Waals surface area contributed by atoms with Gasteiger partial charge in [-0.25, -0.2) is 9.67 Å². The van der Waals surface area contributed by atoms with Crippen molar-refractivity contribution >= 4 is 5.96 Å². The molecule has 0 radical (unpaired) electrons. The van der Waals surface area contributed by atoms with Crippen molar-refractivity contribution in [2.75, 3.05) is 13.2 Å². The number of aromatic nitrogens is 2. The molecule has 28 heavy (non-hydrogen) atoms. The predicted molar refractivity (Wildman–Crippen MR) is 111 cm³/mol. The van der Waals surface area contributed by atoms with Crippen LogP contribution in [0.4, 0.5) is 0 Å². The third-order valence-corrected chi connectivity index (χ3v) is 4.81. The number of hydrogen-bond acceptors (Lipinski definition) is 3. The zero-order valence-corrected chi connectivity index (χ0v) is 15.8. The SMILES string of the molecule is NC(=NCc1cn(-c2ccccc2)nc1-c1ccccc1)NCC1CCCO1. The topological polar surface area (TPSA) is 77.5 Å². The summed E-state index contributed by atoms with van der Waals surface area (Å²) >= 11 is 0. The zero-order chi connectivity index (χ0) is 19.2. The molecule has 0 aliphatic carbocycles. The summed E-state index contributed by atoms with van der Waals surface area (Å²) in [5.74, 6) is 0.432. The molecular weight excluding hydrogens is 350 g/mol. The van der Waals surface area contributed by atoms with E-state index in [4.69, 9.17) is 15.6 Å². The van der Waals surface area contributed by atoms with Gasteiger partial charge in [-0.3, -0.25) is 0 Å². The quantitative estimate of drug-likeness (QED) is 0.513. The third-order valence-electron chi connectivity index (χ3n) is 4.81. The van der Waals surface area contributed by atoms with Crippen molar-refractivity contribution in [2.45, 2.75) is 25.5 Å². The van der Waals surface area contributed by atoms with Crippen molar-refractivity contribution in [3.63, 3.8) is 0 Å². The van der Waals surface area contributed by atoms with Crippen LogP contribution in [0.3, 0.4) is 0 Å². The van der Waals surface area contributed by atoms with E-state index in [9.17, 15) is 0 Å². The maximum Gasteiger partial charge on any atom is 0.189 e. The minimum atomic E-state index is 0.231. The molecule has 0 saturated carbocycles. The molecule has 6 heteroatoms. The van der Waals surface area contributed by atoms with Crippen LogP contribution >= 0.6 is 0 Å². The number of hydrogen-bond donors (Lipinski definition) is 2. The first-order chi connectivity index (χ1) is 13.8. The molecule has 0 bridgehead atoms. The maximum absolute atomic E-state index is 6.06. The summed E-state index contributed by atoms with van der Waals surface area (Å²) in [5.41, 5.74) is 10.1. The number of guanidine groups is 1. The smallest absolute Gasteiger partial charge is 0.189 e. The molecule has 144 valence electrons. The fraction of sp³-hybridized carbons (Fsp3) is 0.273. The highest BCUT2D eigenvalue weighted by Crippen LogP contribution is 2.24. The van der Waals surface area contributed by atoms with E-state index < -0.39 is 0 Å². The van der Waals surface area contributed by atoms with Crippen LogP contribution in [-0.4, -0.2) is 35.0 Å². The Kier molecular flexibility index (Phi) is 5.68. The lowest BCUT2D eigenvalue weighted by atomic mass is 10.1. The van der Waals surface area contributed by atoms with Gasteiger partial charge in [0.25, 0.3) is 0 Å². The van der Waals surface area contributed by atoms with Gasteiger partial charge in [0.05, 0.1) is 24.0 Å². The van der Waals surface area contributed by atoms with Crippen LogP contribution in [0.25, 0.3) is 16.9 Å². The molecule has 1 saturated heterocycles. The number of nitrogens with zero attached hydrogens (tertiary/aromatic N) is 3. The zero-order valence-electron chi connectivity index (χ0n) is 15.8. The number of ether oxygens (including phenoxy) is 1. The van der Waals surface area contributed by atoms with Crippen LogP contribution in [-0.2, 0) is 11.3 Å². The highest BCUT2D eigenvalue weighted by Gasteiger charge is 2.15. The summed E-state index contributed by atoms with van der Waals surface area (Å²) in [6.07, 6.45) is 4.44. The summed E-state index contributed by atoms with van der Waals surface area (Å²) in [4.78, 5) is 4.52. The second-order valence-electron chi connectivity index (χ2n) is 6.87. The first kappa shape index (κ1) is 18.3. The minimum Gasteiger partial charge on any atom is -0.376 e. The van der Waals surface area contributed by atoms with Gasteiger partial charge in [-0.1, -0.05) is 48.5 Å². The summed E-state index contributed by atoms with van der Waals surface area (Å²) in [6.45, 7) is 1.99. The van der Waals surface area contributed by atoms with Gasteiger partial charge in [0, 0.05) is 30.5 Å². The average Bonchev–Trinajstić information content (AvgIpc) is 3.42. The Bertz CT molecular complexity index is 915. The number of aliphatic imine (C=N–C) groups is 1. The van der Waals surface area contributed by atoms with Crippen LogP contribution in [0.5, 0.6) is 0 Å². The van der Waals surface area contributed by atoms with Crippen molar-refractivity contribution in [2.24, 2.45) is 10.7 Å². The standard InChI is InChI=1S/C22H25N5O/c23-22(25-15-20-12-7-13-28-20)24-14-18-16-27(19-10-5-2-6-11-19)26-21(18)17-8-3-1-4-9-17/h1-6,8-11,16,20H,7,12-15H2,(H3,23,24,25). The van der Waals surface area contributed by atoms with Crippen LogP contribution in [0.2, 0.25) is 0 Å². The molecule has 1 atom stereocenters. The fourth-order valence-corrected chi connectivity index (χ4v) is 3.33. The molecule has 2 aromatic carbocycles. The molecule has 1 unspecified atom stereocenters. The van der Waals surface area contributed by atoms with Crippen LogP contribution in [0.1, 0.15) is 18.4 Å². The van der Waals surface area contributed by atoms with Gasteiger partial charge in [-0.05, 0) is 25.0 Å². The second kappa shape index (κ2) is 8.71. The van der Waals surface area contributed by atoms with E-state index in [0.717, 1.165) is 42.0 Å². The first-order valence-electron chi connectivity index (χ1n) is 9.64. The molecule has 1 aliphatic heterocycles. The number of nitrogens with two attached hydrogens (primary N) is 1. The molecule has 1 aromatic heterocycles. The lowest BCUT2D eigenvalue weighted by Crippen LogP contribution is -2.37. The lowest BCUT2D eigenvalue weighted by molar-refractivity contribution is 0.114. The van der Waals surface area contributed by atoms with Gasteiger partial charge in [-0.2, -0.15) is 5.10 Å². The van der Waals surface area contributed by atoms with Crippen molar-refractivity contribution in [1.82, 2.24) is 15.1 Å². The van der Waals surface area contributed by atoms with Crippen molar-refractivity contribution in [3.8, 4) is 16.9 Å². The molecule has 2 heterocycles. The van der Waals surface area contributed by atoms with Gasteiger partial charge in [0.15, 0.2) is 5.96 Å². The molecule has 6 nitrogen and oxygen atoms in total. The van der Waals surface area contributed by atoms with E-state index in [-0.39, 0.29) is 6.10 Å². The van der Waals surface area contributed by atoms with Gasteiger partial charge >= 0.3 is 0 Å². The minimum absolute atomic E-state index is 0.231. The Morgan fingerprint density at radius 3 is 2.61 bits per heavy atom. The monoisotopic (exact) mass is 375 g/mol. The Hall–Kier alpha value is -3.12. The van der Waals surface area contributed by atoms with Crippen LogP contribution in [0.15, 0.2) is 71.9 Å². The van der Waals surface area contributed by atoms with Gasteiger partial charge in [0.2, 0.25) is 0 Å². The summed E-state index contributed by atoms with van der Waals surface area (Å²) in [5, 5.41) is 7.97. The van der Waals surface area contributed by atoms with E-state index in [1.807, 2.05) is 59.4 Å². The molecule has 1 aliphatic rings. The number of benzene rings is 2. The molecule has 3 N–H and O–H groups in total. The molecular formula is C22H25N5O. The molecule has 3 aromatic rings. The molecule has 0 spiro atoms. The van der Waals surface area contributed by atoms with E-state index in [1.54, 1.807) is 0 Å². The largest absolute Gasteiger partial charge is 0.376 e. The van der Waals surface area contributed by atoms with E-state index in [0.29, 0.717) is 19.0 Å². The number of rotatable bonds is 6. The molecule has 0 amide bonds. The highest BCUT2D eigenvalue weighted by molar-refractivity contribution is 5.78.